The molecule has 1 aliphatic heterocycles. The number of alkyl halides is 2. The van der Waals surface area contributed by atoms with Crippen molar-refractivity contribution >= 4 is 0 Å². The number of ether oxygens (including phenoxy) is 1. The van der Waals surface area contributed by atoms with E-state index >= 15 is 0 Å². The molecule has 112 valence electrons. The molecule has 2 fully saturated rings. The lowest BCUT2D eigenvalue weighted by molar-refractivity contribution is -0.0457. The molecule has 2 aliphatic rings. The molecule has 1 atom stereocenters. The van der Waals surface area contributed by atoms with Gasteiger partial charge in [0, 0.05) is 38.5 Å². The average molecular weight is 276 g/mol. The van der Waals surface area contributed by atoms with E-state index in [0.717, 1.165) is 39.4 Å². The first-order chi connectivity index (χ1) is 9.05. The molecule has 0 amide bonds. The normalized spacial score (nSPS) is 27.3. The molecule has 0 spiro atoms. The third-order valence-corrected chi connectivity index (χ3v) is 4.23. The van der Waals surface area contributed by atoms with Crippen molar-refractivity contribution in [2.24, 2.45) is 5.92 Å². The molecule has 2 rings (SSSR count). The van der Waals surface area contributed by atoms with Gasteiger partial charge in [-0.15, -0.1) is 0 Å². The lowest BCUT2D eigenvalue weighted by Crippen LogP contribution is -2.45. The second-order valence-electron chi connectivity index (χ2n) is 6.02. The van der Waals surface area contributed by atoms with Crippen molar-refractivity contribution in [1.29, 1.82) is 0 Å². The molecule has 1 N–H and O–H groups in total. The Hall–Kier alpha value is -0.260. The molecule has 3 nitrogen and oxygen atoms in total. The van der Waals surface area contributed by atoms with E-state index in [1.54, 1.807) is 0 Å². The van der Waals surface area contributed by atoms with Gasteiger partial charge in [0.25, 0.3) is 0 Å². The summed E-state index contributed by atoms with van der Waals surface area (Å²) in [5, 5.41) is 3.50. The Morgan fingerprint density at radius 3 is 2.53 bits per heavy atom. The van der Waals surface area contributed by atoms with Crippen LogP contribution >= 0.6 is 0 Å². The predicted molar refractivity (Wildman–Crippen MR) is 71.6 cm³/mol. The topological polar surface area (TPSA) is 24.5 Å². The summed E-state index contributed by atoms with van der Waals surface area (Å²) in [5.41, 5.74) is 0. The third-order valence-electron chi connectivity index (χ3n) is 4.23. The van der Waals surface area contributed by atoms with Crippen molar-refractivity contribution in [3.05, 3.63) is 0 Å². The first-order valence-corrected chi connectivity index (χ1v) is 7.46. The van der Waals surface area contributed by atoms with Crippen LogP contribution < -0.4 is 5.32 Å². The number of rotatable bonds is 5. The van der Waals surface area contributed by atoms with Crippen LogP contribution in [0.2, 0.25) is 0 Å². The van der Waals surface area contributed by atoms with E-state index in [0.29, 0.717) is 24.8 Å². The van der Waals surface area contributed by atoms with Crippen LogP contribution in [0.3, 0.4) is 0 Å². The second-order valence-corrected chi connectivity index (χ2v) is 6.02. The minimum Gasteiger partial charge on any atom is -0.379 e. The molecule has 1 saturated carbocycles. The highest BCUT2D eigenvalue weighted by molar-refractivity contribution is 4.80. The fourth-order valence-corrected chi connectivity index (χ4v) is 2.91. The second kappa shape index (κ2) is 6.95. The summed E-state index contributed by atoms with van der Waals surface area (Å²) in [6.45, 7) is 7.72. The molecule has 1 saturated heterocycles. The average Bonchev–Trinajstić information content (AvgIpc) is 2.39. The number of hydrogen-bond acceptors (Lipinski definition) is 3. The zero-order chi connectivity index (χ0) is 13.7. The van der Waals surface area contributed by atoms with Gasteiger partial charge >= 0.3 is 0 Å². The fourth-order valence-electron chi connectivity index (χ4n) is 2.91. The highest BCUT2D eigenvalue weighted by Gasteiger charge is 2.34. The molecule has 0 aromatic heterocycles. The zero-order valence-corrected chi connectivity index (χ0v) is 11.8. The van der Waals surface area contributed by atoms with Crippen molar-refractivity contribution in [3.8, 4) is 0 Å². The molecule has 1 unspecified atom stereocenters. The molecule has 1 heterocycles. The third kappa shape index (κ3) is 5.32. The summed E-state index contributed by atoms with van der Waals surface area (Å²) in [7, 11) is 0. The van der Waals surface area contributed by atoms with Crippen LogP contribution in [0, 0.1) is 5.92 Å². The Morgan fingerprint density at radius 1 is 1.26 bits per heavy atom. The van der Waals surface area contributed by atoms with Gasteiger partial charge in [-0.05, 0) is 32.2 Å². The summed E-state index contributed by atoms with van der Waals surface area (Å²) in [4.78, 5) is 2.40. The van der Waals surface area contributed by atoms with E-state index in [-0.39, 0.29) is 12.8 Å². The minimum atomic E-state index is -2.41. The molecule has 1 aliphatic carbocycles. The van der Waals surface area contributed by atoms with Crippen LogP contribution in [0.5, 0.6) is 0 Å². The first kappa shape index (κ1) is 15.1. The van der Waals surface area contributed by atoms with Crippen LogP contribution in [0.4, 0.5) is 8.78 Å². The Morgan fingerprint density at radius 2 is 1.89 bits per heavy atom. The number of hydrogen-bond donors (Lipinski definition) is 1. The van der Waals surface area contributed by atoms with E-state index in [1.165, 1.54) is 0 Å². The lowest BCUT2D eigenvalue weighted by atomic mass is 9.86. The molecule has 0 aromatic carbocycles. The Bertz CT molecular complexity index is 260. The largest absolute Gasteiger partial charge is 0.379 e. The molecule has 0 bridgehead atoms. The van der Waals surface area contributed by atoms with Gasteiger partial charge in [0.1, 0.15) is 0 Å². The maximum absolute atomic E-state index is 13.0. The quantitative estimate of drug-likeness (QED) is 0.832. The van der Waals surface area contributed by atoms with Gasteiger partial charge in [-0.1, -0.05) is 0 Å². The molecule has 5 heteroatoms. The van der Waals surface area contributed by atoms with Crippen molar-refractivity contribution in [2.75, 3.05) is 39.4 Å². The van der Waals surface area contributed by atoms with Crippen LogP contribution in [-0.2, 0) is 4.74 Å². The van der Waals surface area contributed by atoms with Gasteiger partial charge in [-0.25, -0.2) is 8.78 Å². The highest BCUT2D eigenvalue weighted by Crippen LogP contribution is 2.35. The van der Waals surface area contributed by atoms with E-state index in [2.05, 4.69) is 17.1 Å². The van der Waals surface area contributed by atoms with E-state index in [1.807, 2.05) is 0 Å². The minimum absolute atomic E-state index is 0.0667. The number of nitrogens with zero attached hydrogens (tertiary/aromatic N) is 1. The standard InChI is InChI=1S/C14H26F2N2O/c1-12(11-18-6-8-19-9-7-18)17-10-13-2-4-14(15,16)5-3-13/h12-13,17H,2-11H2,1H3. The SMILES string of the molecule is CC(CN1CCOCC1)NCC1CCC(F)(F)CC1. The monoisotopic (exact) mass is 276 g/mol. The van der Waals surface area contributed by atoms with Crippen LogP contribution in [-0.4, -0.2) is 56.3 Å². The maximum atomic E-state index is 13.0. The van der Waals surface area contributed by atoms with Gasteiger partial charge in [0.05, 0.1) is 13.2 Å². The van der Waals surface area contributed by atoms with Crippen LogP contribution in [0.15, 0.2) is 0 Å². The Labute approximate surface area is 114 Å². The van der Waals surface area contributed by atoms with Crippen molar-refractivity contribution in [3.63, 3.8) is 0 Å². The van der Waals surface area contributed by atoms with Crippen molar-refractivity contribution in [2.45, 2.75) is 44.6 Å². The summed E-state index contributed by atoms with van der Waals surface area (Å²) in [5.74, 6) is -1.98. The van der Waals surface area contributed by atoms with Crippen molar-refractivity contribution < 1.29 is 13.5 Å². The predicted octanol–water partition coefficient (Wildman–Crippen LogP) is 2.12. The molecular formula is C14H26F2N2O. The summed E-state index contributed by atoms with van der Waals surface area (Å²) < 4.78 is 31.4. The van der Waals surface area contributed by atoms with Gasteiger partial charge < -0.3 is 10.1 Å². The van der Waals surface area contributed by atoms with E-state index < -0.39 is 5.92 Å². The molecular weight excluding hydrogens is 250 g/mol. The Kier molecular flexibility index (Phi) is 5.54. The van der Waals surface area contributed by atoms with E-state index in [4.69, 9.17) is 4.74 Å². The number of nitrogens with one attached hydrogen (secondary N) is 1. The van der Waals surface area contributed by atoms with Gasteiger partial charge in [-0.2, -0.15) is 0 Å². The maximum Gasteiger partial charge on any atom is 0.248 e. The smallest absolute Gasteiger partial charge is 0.248 e. The molecule has 19 heavy (non-hydrogen) atoms. The molecule has 0 aromatic rings. The van der Waals surface area contributed by atoms with Crippen LogP contribution in [0.1, 0.15) is 32.6 Å². The Balaban J connectivity index is 1.59. The van der Waals surface area contributed by atoms with Gasteiger partial charge in [0.2, 0.25) is 5.92 Å². The number of halogens is 2. The highest BCUT2D eigenvalue weighted by atomic mass is 19.3. The van der Waals surface area contributed by atoms with Crippen molar-refractivity contribution in [1.82, 2.24) is 10.2 Å². The summed E-state index contributed by atoms with van der Waals surface area (Å²) in [6.07, 6.45) is 1.45. The summed E-state index contributed by atoms with van der Waals surface area (Å²) in [6, 6.07) is 0.417. The van der Waals surface area contributed by atoms with E-state index in [9.17, 15) is 8.78 Å². The number of morpholine rings is 1. The first-order valence-electron chi connectivity index (χ1n) is 7.46. The zero-order valence-electron chi connectivity index (χ0n) is 11.8. The lowest BCUT2D eigenvalue weighted by Gasteiger charge is -2.32. The van der Waals surface area contributed by atoms with Gasteiger partial charge in [-0.3, -0.25) is 4.90 Å². The summed E-state index contributed by atoms with van der Waals surface area (Å²) >= 11 is 0. The van der Waals surface area contributed by atoms with Gasteiger partial charge in [0.15, 0.2) is 0 Å². The van der Waals surface area contributed by atoms with Crippen LogP contribution in [0.25, 0.3) is 0 Å². The fraction of sp³-hybridized carbons (Fsp3) is 1.00. The molecule has 0 radical (unpaired) electrons.